The summed E-state index contributed by atoms with van der Waals surface area (Å²) in [5.41, 5.74) is 2.46. The van der Waals surface area contributed by atoms with Gasteiger partial charge in [-0.1, -0.05) is 0 Å². The second kappa shape index (κ2) is 5.19. The number of rotatable bonds is 3. The maximum atomic E-state index is 4.41. The molecule has 0 saturated carbocycles. The molecule has 4 nitrogen and oxygen atoms in total. The van der Waals surface area contributed by atoms with Crippen LogP contribution in [-0.2, 0) is 7.05 Å². The van der Waals surface area contributed by atoms with Gasteiger partial charge < -0.3 is 10.2 Å². The molecule has 1 aliphatic rings. The molecule has 2 rings (SSSR count). The number of piperidine rings is 1. The molecule has 1 aliphatic heterocycles. The molecule has 0 bridgehead atoms. The molecule has 0 spiro atoms. The highest BCUT2D eigenvalue weighted by Gasteiger charge is 2.20. The van der Waals surface area contributed by atoms with E-state index >= 15 is 0 Å². The fraction of sp³-hybridized carbons (Fsp3) is 0.769. The molecule has 17 heavy (non-hydrogen) atoms. The van der Waals surface area contributed by atoms with E-state index in [1.165, 1.54) is 24.9 Å². The molecular formula is C13H24N4. The van der Waals surface area contributed by atoms with E-state index in [-0.39, 0.29) is 0 Å². The molecule has 0 aliphatic carbocycles. The summed E-state index contributed by atoms with van der Waals surface area (Å²) in [4.78, 5) is 2.41. The Balaban J connectivity index is 1.96. The normalized spacial score (nSPS) is 23.9. The van der Waals surface area contributed by atoms with Crippen LogP contribution in [0.3, 0.4) is 0 Å². The van der Waals surface area contributed by atoms with E-state index in [1.54, 1.807) is 0 Å². The van der Waals surface area contributed by atoms with Crippen molar-refractivity contribution in [1.29, 1.82) is 0 Å². The minimum atomic E-state index is 0.389. The Labute approximate surface area is 104 Å². The Morgan fingerprint density at radius 1 is 1.47 bits per heavy atom. The number of hydrogen-bond acceptors (Lipinski definition) is 3. The topological polar surface area (TPSA) is 33.1 Å². The first-order valence-electron chi connectivity index (χ1n) is 6.51. The standard InChI is InChI=1S/C13H24N4/c1-10(13-9-17(4)15-11(13)2)14-12-6-5-7-16(3)8-12/h9-10,12,14H,5-8H2,1-4H3. The van der Waals surface area contributed by atoms with Crippen LogP contribution in [0.25, 0.3) is 0 Å². The molecule has 96 valence electrons. The van der Waals surface area contributed by atoms with Gasteiger partial charge in [0.05, 0.1) is 5.69 Å². The first-order valence-corrected chi connectivity index (χ1v) is 6.51. The zero-order chi connectivity index (χ0) is 12.4. The number of likely N-dealkylation sites (N-methyl/N-ethyl adjacent to an activating group) is 1. The molecule has 0 radical (unpaired) electrons. The number of likely N-dealkylation sites (tertiary alicyclic amines) is 1. The lowest BCUT2D eigenvalue weighted by molar-refractivity contribution is 0.218. The van der Waals surface area contributed by atoms with Crippen molar-refractivity contribution in [2.24, 2.45) is 7.05 Å². The number of hydrogen-bond donors (Lipinski definition) is 1. The Morgan fingerprint density at radius 2 is 2.24 bits per heavy atom. The molecule has 2 heterocycles. The fourth-order valence-corrected chi connectivity index (χ4v) is 2.79. The zero-order valence-electron chi connectivity index (χ0n) is 11.4. The lowest BCUT2D eigenvalue weighted by Crippen LogP contribution is -2.44. The Hall–Kier alpha value is -0.870. The Bertz CT molecular complexity index is 371. The maximum Gasteiger partial charge on any atom is 0.0641 e. The van der Waals surface area contributed by atoms with Crippen LogP contribution in [0.4, 0.5) is 0 Å². The number of nitrogens with zero attached hydrogens (tertiary/aromatic N) is 3. The summed E-state index contributed by atoms with van der Waals surface area (Å²) in [6, 6.07) is 1.00. The second-order valence-corrected chi connectivity index (χ2v) is 5.33. The average molecular weight is 236 g/mol. The lowest BCUT2D eigenvalue weighted by Gasteiger charge is -2.32. The highest BCUT2D eigenvalue weighted by Crippen LogP contribution is 2.18. The van der Waals surface area contributed by atoms with E-state index in [9.17, 15) is 0 Å². The van der Waals surface area contributed by atoms with Gasteiger partial charge >= 0.3 is 0 Å². The average Bonchev–Trinajstić information content (AvgIpc) is 2.58. The third kappa shape index (κ3) is 3.07. The van der Waals surface area contributed by atoms with Crippen LogP contribution in [0.1, 0.15) is 37.1 Å². The molecule has 0 amide bonds. The lowest BCUT2D eigenvalue weighted by atomic mass is 10.0. The van der Waals surface area contributed by atoms with Gasteiger partial charge in [-0.05, 0) is 40.3 Å². The van der Waals surface area contributed by atoms with Crippen molar-refractivity contribution < 1.29 is 0 Å². The third-order valence-corrected chi connectivity index (χ3v) is 3.63. The molecule has 2 unspecified atom stereocenters. The van der Waals surface area contributed by atoms with Gasteiger partial charge in [-0.3, -0.25) is 4.68 Å². The first-order chi connectivity index (χ1) is 8.06. The van der Waals surface area contributed by atoms with Crippen molar-refractivity contribution in [3.8, 4) is 0 Å². The minimum absolute atomic E-state index is 0.389. The van der Waals surface area contributed by atoms with Gasteiger partial charge in [0.15, 0.2) is 0 Å². The summed E-state index contributed by atoms with van der Waals surface area (Å²) in [6.45, 7) is 6.71. The summed E-state index contributed by atoms with van der Waals surface area (Å²) in [5, 5.41) is 8.13. The molecular weight excluding hydrogens is 212 g/mol. The van der Waals surface area contributed by atoms with Gasteiger partial charge in [0.2, 0.25) is 0 Å². The van der Waals surface area contributed by atoms with Crippen LogP contribution >= 0.6 is 0 Å². The molecule has 1 saturated heterocycles. The van der Waals surface area contributed by atoms with Crippen LogP contribution in [-0.4, -0.2) is 40.9 Å². The molecule has 1 aromatic rings. The van der Waals surface area contributed by atoms with Crippen LogP contribution < -0.4 is 5.32 Å². The van der Waals surface area contributed by atoms with Gasteiger partial charge in [0.1, 0.15) is 0 Å². The van der Waals surface area contributed by atoms with Gasteiger partial charge in [0, 0.05) is 37.4 Å². The number of aromatic nitrogens is 2. The van der Waals surface area contributed by atoms with Gasteiger partial charge in [0.25, 0.3) is 0 Å². The summed E-state index contributed by atoms with van der Waals surface area (Å²) >= 11 is 0. The van der Waals surface area contributed by atoms with E-state index < -0.39 is 0 Å². The van der Waals surface area contributed by atoms with Crippen molar-refractivity contribution >= 4 is 0 Å². The first kappa shape index (κ1) is 12.6. The molecule has 1 aromatic heterocycles. The van der Waals surface area contributed by atoms with E-state index in [4.69, 9.17) is 0 Å². The van der Waals surface area contributed by atoms with Gasteiger partial charge in [-0.2, -0.15) is 5.10 Å². The fourth-order valence-electron chi connectivity index (χ4n) is 2.79. The van der Waals surface area contributed by atoms with Gasteiger partial charge in [-0.25, -0.2) is 0 Å². The quantitative estimate of drug-likeness (QED) is 0.863. The summed E-state index contributed by atoms with van der Waals surface area (Å²) in [7, 11) is 4.19. The van der Waals surface area contributed by atoms with E-state index in [1.807, 2.05) is 11.7 Å². The van der Waals surface area contributed by atoms with E-state index in [2.05, 4.69) is 42.4 Å². The molecule has 0 aromatic carbocycles. The van der Waals surface area contributed by atoms with Crippen molar-refractivity contribution in [3.63, 3.8) is 0 Å². The second-order valence-electron chi connectivity index (χ2n) is 5.33. The van der Waals surface area contributed by atoms with Crippen LogP contribution in [0.5, 0.6) is 0 Å². The van der Waals surface area contributed by atoms with Crippen molar-refractivity contribution in [2.45, 2.75) is 38.8 Å². The Morgan fingerprint density at radius 3 is 2.82 bits per heavy atom. The molecule has 1 N–H and O–H groups in total. The minimum Gasteiger partial charge on any atom is -0.306 e. The predicted octanol–water partition coefficient (Wildman–Crippen LogP) is 1.47. The SMILES string of the molecule is Cc1nn(C)cc1C(C)NC1CCCN(C)C1. The Kier molecular flexibility index (Phi) is 3.84. The highest BCUT2D eigenvalue weighted by molar-refractivity contribution is 5.19. The number of aryl methyl sites for hydroxylation is 2. The summed E-state index contributed by atoms with van der Waals surface area (Å²) in [6.07, 6.45) is 4.71. The van der Waals surface area contributed by atoms with Crippen LogP contribution in [0.15, 0.2) is 6.20 Å². The molecule has 4 heteroatoms. The van der Waals surface area contributed by atoms with Gasteiger partial charge in [-0.15, -0.1) is 0 Å². The third-order valence-electron chi connectivity index (χ3n) is 3.63. The largest absolute Gasteiger partial charge is 0.306 e. The van der Waals surface area contributed by atoms with Crippen molar-refractivity contribution in [1.82, 2.24) is 20.0 Å². The van der Waals surface area contributed by atoms with E-state index in [0.29, 0.717) is 12.1 Å². The number of nitrogens with one attached hydrogen (secondary N) is 1. The van der Waals surface area contributed by atoms with Crippen molar-refractivity contribution in [3.05, 3.63) is 17.5 Å². The van der Waals surface area contributed by atoms with Crippen LogP contribution in [0, 0.1) is 6.92 Å². The van der Waals surface area contributed by atoms with E-state index in [0.717, 1.165) is 12.2 Å². The van der Waals surface area contributed by atoms with Crippen LogP contribution in [0.2, 0.25) is 0 Å². The zero-order valence-corrected chi connectivity index (χ0v) is 11.4. The smallest absolute Gasteiger partial charge is 0.0641 e. The summed E-state index contributed by atoms with van der Waals surface area (Å²) < 4.78 is 1.90. The van der Waals surface area contributed by atoms with Crippen molar-refractivity contribution in [2.75, 3.05) is 20.1 Å². The molecule has 1 fully saturated rings. The maximum absolute atomic E-state index is 4.41. The highest BCUT2D eigenvalue weighted by atomic mass is 15.3. The molecule has 2 atom stereocenters. The monoisotopic (exact) mass is 236 g/mol. The predicted molar refractivity (Wildman–Crippen MR) is 70.0 cm³/mol. The summed E-state index contributed by atoms with van der Waals surface area (Å²) in [5.74, 6) is 0.